The second-order valence-electron chi connectivity index (χ2n) is 3.60. The van der Waals surface area contributed by atoms with Crippen molar-refractivity contribution in [1.82, 2.24) is 9.97 Å². The van der Waals surface area contributed by atoms with Crippen LogP contribution in [-0.4, -0.2) is 30.2 Å². The Balaban J connectivity index is 2.67. The molecule has 5 heteroatoms. The van der Waals surface area contributed by atoms with Gasteiger partial charge in [0, 0.05) is 19.7 Å². The van der Waals surface area contributed by atoms with Crippen LogP contribution in [0, 0.1) is 0 Å². The predicted octanol–water partition coefficient (Wildman–Crippen LogP) is 2.23. The summed E-state index contributed by atoms with van der Waals surface area (Å²) >= 11 is 0. The van der Waals surface area contributed by atoms with Gasteiger partial charge in [0.25, 0.3) is 0 Å². The average molecular weight is 239 g/mol. The van der Waals surface area contributed by atoms with Crippen molar-refractivity contribution in [3.63, 3.8) is 0 Å². The monoisotopic (exact) mass is 239 g/mol. The Morgan fingerprint density at radius 3 is 2.76 bits per heavy atom. The number of rotatable bonds is 8. The molecule has 0 unspecified atom stereocenters. The third kappa shape index (κ3) is 4.99. The van der Waals surface area contributed by atoms with Crippen LogP contribution >= 0.6 is 0 Å². The molecule has 0 fully saturated rings. The average Bonchev–Trinajstić information content (AvgIpc) is 2.36. The van der Waals surface area contributed by atoms with Gasteiger partial charge < -0.3 is 14.8 Å². The highest BCUT2D eigenvalue weighted by Crippen LogP contribution is 2.14. The van der Waals surface area contributed by atoms with Crippen molar-refractivity contribution in [2.75, 3.05) is 25.6 Å². The van der Waals surface area contributed by atoms with Gasteiger partial charge in [-0.05, 0) is 13.3 Å². The molecular weight excluding hydrogens is 218 g/mol. The number of ether oxygens (including phenoxy) is 2. The highest BCUT2D eigenvalue weighted by molar-refractivity contribution is 5.37. The van der Waals surface area contributed by atoms with E-state index < -0.39 is 0 Å². The van der Waals surface area contributed by atoms with E-state index in [0.717, 1.165) is 18.7 Å². The first-order chi connectivity index (χ1) is 8.30. The molecule has 17 heavy (non-hydrogen) atoms. The minimum Gasteiger partial charge on any atom is -0.478 e. The summed E-state index contributed by atoms with van der Waals surface area (Å²) in [6.45, 7) is 5.82. The molecule has 0 amide bonds. The molecule has 0 saturated heterocycles. The van der Waals surface area contributed by atoms with Crippen molar-refractivity contribution in [3.05, 3.63) is 11.9 Å². The van der Waals surface area contributed by atoms with Gasteiger partial charge in [-0.2, -0.15) is 4.98 Å². The van der Waals surface area contributed by atoms with Crippen LogP contribution < -0.4 is 10.1 Å². The summed E-state index contributed by atoms with van der Waals surface area (Å²) in [7, 11) is 1.82. The number of nitrogens with one attached hydrogen (secondary N) is 1. The van der Waals surface area contributed by atoms with Gasteiger partial charge in [-0.15, -0.1) is 0 Å². The van der Waals surface area contributed by atoms with E-state index in [1.54, 1.807) is 6.07 Å². The van der Waals surface area contributed by atoms with Crippen LogP contribution in [0.4, 0.5) is 5.82 Å². The van der Waals surface area contributed by atoms with Crippen molar-refractivity contribution >= 4 is 5.82 Å². The Kier molecular flexibility index (Phi) is 6.32. The minimum absolute atomic E-state index is 0.413. The Morgan fingerprint density at radius 1 is 1.29 bits per heavy atom. The van der Waals surface area contributed by atoms with Crippen LogP contribution in [0.3, 0.4) is 0 Å². The summed E-state index contributed by atoms with van der Waals surface area (Å²) in [6, 6.07) is 1.80. The molecule has 0 aliphatic heterocycles. The standard InChI is InChI=1S/C12H21N3O2/c1-4-6-7-17-12-8-10(13-3)14-11(15-12)9-16-5-2/h8H,4-7,9H2,1-3H3,(H,13,14,15). The maximum Gasteiger partial charge on any atom is 0.218 e. The molecule has 0 aliphatic rings. The van der Waals surface area contributed by atoms with E-state index in [4.69, 9.17) is 9.47 Å². The SMILES string of the molecule is CCCCOc1cc(NC)nc(COCC)n1. The van der Waals surface area contributed by atoms with Crippen molar-refractivity contribution in [2.24, 2.45) is 0 Å². The zero-order chi connectivity index (χ0) is 12.5. The summed E-state index contributed by atoms with van der Waals surface area (Å²) in [4.78, 5) is 8.58. The molecule has 0 atom stereocenters. The first-order valence-corrected chi connectivity index (χ1v) is 6.06. The number of aromatic nitrogens is 2. The fourth-order valence-corrected chi connectivity index (χ4v) is 1.25. The van der Waals surface area contributed by atoms with Gasteiger partial charge in [0.1, 0.15) is 12.4 Å². The van der Waals surface area contributed by atoms with E-state index in [1.807, 2.05) is 14.0 Å². The Morgan fingerprint density at radius 2 is 2.12 bits per heavy atom. The highest BCUT2D eigenvalue weighted by Gasteiger charge is 2.04. The first-order valence-electron chi connectivity index (χ1n) is 6.06. The van der Waals surface area contributed by atoms with E-state index in [9.17, 15) is 0 Å². The van der Waals surface area contributed by atoms with E-state index in [0.29, 0.717) is 31.5 Å². The molecule has 0 bridgehead atoms. The molecule has 5 nitrogen and oxygen atoms in total. The van der Waals surface area contributed by atoms with Crippen molar-refractivity contribution in [2.45, 2.75) is 33.3 Å². The molecule has 1 aromatic heterocycles. The number of unbranched alkanes of at least 4 members (excludes halogenated alkanes) is 1. The van der Waals surface area contributed by atoms with E-state index in [-0.39, 0.29) is 0 Å². The maximum absolute atomic E-state index is 5.56. The molecule has 1 aromatic rings. The second kappa shape index (κ2) is 7.84. The third-order valence-electron chi connectivity index (χ3n) is 2.19. The molecule has 1 heterocycles. The largest absolute Gasteiger partial charge is 0.478 e. The lowest BCUT2D eigenvalue weighted by Crippen LogP contribution is -2.06. The summed E-state index contributed by atoms with van der Waals surface area (Å²) in [6.07, 6.45) is 2.13. The number of anilines is 1. The summed E-state index contributed by atoms with van der Waals surface area (Å²) in [5.41, 5.74) is 0. The second-order valence-corrected chi connectivity index (χ2v) is 3.60. The summed E-state index contributed by atoms with van der Waals surface area (Å²) in [5, 5.41) is 2.99. The fourth-order valence-electron chi connectivity index (χ4n) is 1.25. The lowest BCUT2D eigenvalue weighted by Gasteiger charge is -2.08. The topological polar surface area (TPSA) is 56.3 Å². The number of hydrogen-bond acceptors (Lipinski definition) is 5. The molecular formula is C12H21N3O2. The van der Waals surface area contributed by atoms with Gasteiger partial charge in [0.05, 0.1) is 6.61 Å². The van der Waals surface area contributed by atoms with E-state index in [2.05, 4.69) is 22.2 Å². The molecule has 96 valence electrons. The van der Waals surface area contributed by atoms with Crippen LogP contribution in [-0.2, 0) is 11.3 Å². The van der Waals surface area contributed by atoms with Crippen molar-refractivity contribution in [1.29, 1.82) is 0 Å². The minimum atomic E-state index is 0.413. The normalized spacial score (nSPS) is 10.3. The zero-order valence-corrected chi connectivity index (χ0v) is 10.8. The van der Waals surface area contributed by atoms with Crippen LogP contribution in [0.2, 0.25) is 0 Å². The molecule has 0 aromatic carbocycles. The van der Waals surface area contributed by atoms with Crippen LogP contribution in [0.25, 0.3) is 0 Å². The first kappa shape index (κ1) is 13.7. The molecule has 0 radical (unpaired) electrons. The van der Waals surface area contributed by atoms with E-state index in [1.165, 1.54) is 0 Å². The van der Waals surface area contributed by atoms with Gasteiger partial charge >= 0.3 is 0 Å². The van der Waals surface area contributed by atoms with Gasteiger partial charge in [-0.3, -0.25) is 0 Å². The molecule has 0 spiro atoms. The fraction of sp³-hybridized carbons (Fsp3) is 0.667. The van der Waals surface area contributed by atoms with Crippen LogP contribution in [0.15, 0.2) is 6.07 Å². The Hall–Kier alpha value is -1.36. The quantitative estimate of drug-likeness (QED) is 0.705. The number of hydrogen-bond donors (Lipinski definition) is 1. The maximum atomic E-state index is 5.56. The number of nitrogens with zero attached hydrogens (tertiary/aromatic N) is 2. The van der Waals surface area contributed by atoms with Crippen LogP contribution in [0.5, 0.6) is 5.88 Å². The van der Waals surface area contributed by atoms with Gasteiger partial charge in [0.15, 0.2) is 5.82 Å². The van der Waals surface area contributed by atoms with Gasteiger partial charge in [-0.25, -0.2) is 4.98 Å². The highest BCUT2D eigenvalue weighted by atomic mass is 16.5. The summed E-state index contributed by atoms with van der Waals surface area (Å²) < 4.78 is 10.9. The predicted molar refractivity (Wildman–Crippen MR) is 67.3 cm³/mol. The lowest BCUT2D eigenvalue weighted by molar-refractivity contribution is 0.127. The molecule has 0 aliphatic carbocycles. The lowest BCUT2D eigenvalue weighted by atomic mass is 10.4. The van der Waals surface area contributed by atoms with Crippen LogP contribution in [0.1, 0.15) is 32.5 Å². The Labute approximate surface area is 103 Å². The van der Waals surface area contributed by atoms with E-state index >= 15 is 0 Å². The third-order valence-corrected chi connectivity index (χ3v) is 2.19. The van der Waals surface area contributed by atoms with Crippen molar-refractivity contribution in [3.8, 4) is 5.88 Å². The van der Waals surface area contributed by atoms with Gasteiger partial charge in [-0.1, -0.05) is 13.3 Å². The Bertz CT molecular complexity index is 332. The molecule has 1 rings (SSSR count). The summed E-state index contributed by atoms with van der Waals surface area (Å²) in [5.74, 6) is 2.00. The molecule has 0 saturated carbocycles. The van der Waals surface area contributed by atoms with Gasteiger partial charge in [0.2, 0.25) is 5.88 Å². The smallest absolute Gasteiger partial charge is 0.218 e. The zero-order valence-electron chi connectivity index (χ0n) is 10.8. The molecule has 1 N–H and O–H groups in total. The van der Waals surface area contributed by atoms with Crippen molar-refractivity contribution < 1.29 is 9.47 Å².